The van der Waals surface area contributed by atoms with E-state index in [1.165, 1.54) is 0 Å². The van der Waals surface area contributed by atoms with E-state index in [0.717, 1.165) is 28.0 Å². The third kappa shape index (κ3) is 2.48. The summed E-state index contributed by atoms with van der Waals surface area (Å²) < 4.78 is 6.86. The number of para-hydroxylation sites is 1. The predicted octanol–water partition coefficient (Wildman–Crippen LogP) is 3.29. The quantitative estimate of drug-likeness (QED) is 0.800. The number of methoxy groups -OCH3 is 1. The summed E-state index contributed by atoms with van der Waals surface area (Å²) in [6, 6.07) is 17.1. The Hall–Kier alpha value is -2.75. The fourth-order valence-electron chi connectivity index (χ4n) is 2.34. The summed E-state index contributed by atoms with van der Waals surface area (Å²) in [6.45, 7) is 0. The highest BCUT2D eigenvalue weighted by atomic mass is 16.5. The molecule has 106 valence electrons. The Morgan fingerprint density at radius 3 is 2.52 bits per heavy atom. The fourth-order valence-corrected chi connectivity index (χ4v) is 2.34. The highest BCUT2D eigenvalue weighted by Crippen LogP contribution is 2.27. The number of hydrogen-bond acceptors (Lipinski definition) is 3. The maximum Gasteiger partial charge on any atom is 0.252 e. The zero-order chi connectivity index (χ0) is 14.8. The van der Waals surface area contributed by atoms with Gasteiger partial charge in [0.2, 0.25) is 0 Å². The Kier molecular flexibility index (Phi) is 3.36. The van der Waals surface area contributed by atoms with E-state index in [-0.39, 0.29) is 5.56 Å². The van der Waals surface area contributed by atoms with Gasteiger partial charge in [-0.25, -0.2) is 0 Å². The minimum absolute atomic E-state index is 0.0609. The van der Waals surface area contributed by atoms with Crippen LogP contribution in [0.25, 0.3) is 10.9 Å². The molecule has 0 aliphatic carbocycles. The van der Waals surface area contributed by atoms with Gasteiger partial charge in [-0.1, -0.05) is 18.2 Å². The molecule has 0 saturated heterocycles. The van der Waals surface area contributed by atoms with Crippen molar-refractivity contribution >= 4 is 22.3 Å². The second kappa shape index (κ2) is 5.32. The van der Waals surface area contributed by atoms with E-state index in [1.54, 1.807) is 24.8 Å². The summed E-state index contributed by atoms with van der Waals surface area (Å²) in [7, 11) is 3.38. The Labute approximate surface area is 122 Å². The molecule has 0 bridgehead atoms. The number of nitrogens with one attached hydrogen (secondary N) is 1. The lowest BCUT2D eigenvalue weighted by Gasteiger charge is -2.13. The van der Waals surface area contributed by atoms with Gasteiger partial charge in [-0.15, -0.1) is 0 Å². The van der Waals surface area contributed by atoms with E-state index in [2.05, 4.69) is 5.32 Å². The number of nitrogens with zero attached hydrogens (tertiary/aromatic N) is 1. The Bertz CT molecular complexity index is 839. The fraction of sp³-hybridized carbons (Fsp3) is 0.118. The number of rotatable bonds is 3. The number of fused-ring (bicyclic) bond motifs is 1. The molecule has 1 N–H and O–H groups in total. The molecule has 3 aromatic rings. The van der Waals surface area contributed by atoms with Crippen molar-refractivity contribution in [3.8, 4) is 5.75 Å². The number of aromatic nitrogens is 1. The summed E-state index contributed by atoms with van der Waals surface area (Å²) in [5, 5.41) is 4.27. The van der Waals surface area contributed by atoms with Gasteiger partial charge in [-0.2, -0.15) is 0 Å². The van der Waals surface area contributed by atoms with Crippen molar-refractivity contribution in [1.29, 1.82) is 0 Å². The molecule has 1 aromatic heterocycles. The molecule has 4 heteroatoms. The first-order valence-electron chi connectivity index (χ1n) is 6.69. The number of aryl methyl sites for hydroxylation is 1. The second-order valence-corrected chi connectivity index (χ2v) is 4.83. The van der Waals surface area contributed by atoms with Crippen LogP contribution in [0.3, 0.4) is 0 Å². The minimum Gasteiger partial charge on any atom is -0.497 e. The van der Waals surface area contributed by atoms with Gasteiger partial charge in [-0.3, -0.25) is 4.79 Å². The van der Waals surface area contributed by atoms with Crippen molar-refractivity contribution in [2.24, 2.45) is 7.05 Å². The smallest absolute Gasteiger partial charge is 0.252 e. The lowest BCUT2D eigenvalue weighted by atomic mass is 10.1. The van der Waals surface area contributed by atoms with Crippen molar-refractivity contribution in [3.05, 3.63) is 65.0 Å². The Balaban J connectivity index is 2.19. The van der Waals surface area contributed by atoms with Crippen LogP contribution < -0.4 is 15.6 Å². The van der Waals surface area contributed by atoms with E-state index in [4.69, 9.17) is 4.74 Å². The van der Waals surface area contributed by atoms with Crippen LogP contribution in [-0.2, 0) is 7.05 Å². The van der Waals surface area contributed by atoms with Crippen LogP contribution in [0.4, 0.5) is 11.4 Å². The number of hydrogen-bond donors (Lipinski definition) is 1. The zero-order valence-corrected chi connectivity index (χ0v) is 12.0. The van der Waals surface area contributed by atoms with Gasteiger partial charge >= 0.3 is 0 Å². The lowest BCUT2D eigenvalue weighted by molar-refractivity contribution is 0.415. The van der Waals surface area contributed by atoms with Crippen molar-refractivity contribution in [1.82, 2.24) is 4.57 Å². The lowest BCUT2D eigenvalue weighted by Crippen LogP contribution is -2.16. The number of pyridine rings is 1. The molecule has 0 spiro atoms. The zero-order valence-electron chi connectivity index (χ0n) is 12.0. The van der Waals surface area contributed by atoms with Crippen molar-refractivity contribution < 1.29 is 4.74 Å². The average Bonchev–Trinajstić information content (AvgIpc) is 2.53. The van der Waals surface area contributed by atoms with Crippen LogP contribution in [0.5, 0.6) is 5.75 Å². The van der Waals surface area contributed by atoms with Gasteiger partial charge in [0.15, 0.2) is 0 Å². The first kappa shape index (κ1) is 13.2. The van der Waals surface area contributed by atoms with Crippen LogP contribution in [0.2, 0.25) is 0 Å². The van der Waals surface area contributed by atoms with E-state index in [0.29, 0.717) is 0 Å². The largest absolute Gasteiger partial charge is 0.497 e. The second-order valence-electron chi connectivity index (χ2n) is 4.83. The predicted molar refractivity (Wildman–Crippen MR) is 85.5 cm³/mol. The van der Waals surface area contributed by atoms with Gasteiger partial charge in [0.25, 0.3) is 5.56 Å². The van der Waals surface area contributed by atoms with Crippen LogP contribution >= 0.6 is 0 Å². The summed E-state index contributed by atoms with van der Waals surface area (Å²) in [4.78, 5) is 12.1. The van der Waals surface area contributed by atoms with Crippen LogP contribution in [0.1, 0.15) is 0 Å². The first-order valence-corrected chi connectivity index (χ1v) is 6.69. The molecule has 0 fully saturated rings. The normalized spacial score (nSPS) is 10.6. The average molecular weight is 280 g/mol. The standard InChI is InChI=1S/C17H16N2O2/c1-19-16-10-13(21-2)8-9-14(16)15(11-17(19)20)18-12-6-4-3-5-7-12/h3-11,18H,1-2H3. The van der Waals surface area contributed by atoms with Crippen LogP contribution in [0, 0.1) is 0 Å². The molecule has 3 rings (SSSR count). The molecular formula is C17H16N2O2. The van der Waals surface area contributed by atoms with Crippen LogP contribution in [0.15, 0.2) is 59.4 Å². The van der Waals surface area contributed by atoms with E-state index in [9.17, 15) is 4.79 Å². The third-order valence-corrected chi connectivity index (χ3v) is 3.51. The maximum atomic E-state index is 12.1. The molecule has 4 nitrogen and oxygen atoms in total. The van der Waals surface area contributed by atoms with Crippen molar-refractivity contribution in [2.45, 2.75) is 0 Å². The first-order chi connectivity index (χ1) is 10.2. The molecule has 0 radical (unpaired) electrons. The van der Waals surface area contributed by atoms with Gasteiger partial charge in [0.1, 0.15) is 5.75 Å². The molecule has 0 aliphatic rings. The van der Waals surface area contributed by atoms with Crippen molar-refractivity contribution in [3.63, 3.8) is 0 Å². The minimum atomic E-state index is -0.0609. The topological polar surface area (TPSA) is 43.3 Å². The summed E-state index contributed by atoms with van der Waals surface area (Å²) >= 11 is 0. The number of benzene rings is 2. The Morgan fingerprint density at radius 1 is 1.05 bits per heavy atom. The third-order valence-electron chi connectivity index (χ3n) is 3.51. The van der Waals surface area contributed by atoms with E-state index in [1.807, 2.05) is 48.5 Å². The molecule has 21 heavy (non-hydrogen) atoms. The molecule has 0 atom stereocenters. The molecular weight excluding hydrogens is 264 g/mol. The summed E-state index contributed by atoms with van der Waals surface area (Å²) in [6.07, 6.45) is 0. The monoisotopic (exact) mass is 280 g/mol. The number of ether oxygens (including phenoxy) is 1. The van der Waals surface area contributed by atoms with Crippen molar-refractivity contribution in [2.75, 3.05) is 12.4 Å². The summed E-state index contributed by atoms with van der Waals surface area (Å²) in [5.41, 5.74) is 2.51. The van der Waals surface area contributed by atoms with Gasteiger partial charge < -0.3 is 14.6 Å². The van der Waals surface area contributed by atoms with Crippen LogP contribution in [-0.4, -0.2) is 11.7 Å². The molecule has 0 aliphatic heterocycles. The van der Waals surface area contributed by atoms with Gasteiger partial charge in [-0.05, 0) is 24.3 Å². The molecule has 0 saturated carbocycles. The van der Waals surface area contributed by atoms with Gasteiger partial charge in [0, 0.05) is 30.3 Å². The van der Waals surface area contributed by atoms with E-state index >= 15 is 0 Å². The highest BCUT2D eigenvalue weighted by Gasteiger charge is 2.08. The highest BCUT2D eigenvalue weighted by molar-refractivity contribution is 5.93. The maximum absolute atomic E-state index is 12.1. The molecule has 2 aromatic carbocycles. The molecule has 0 unspecified atom stereocenters. The SMILES string of the molecule is COc1ccc2c(Nc3ccccc3)cc(=O)n(C)c2c1. The van der Waals surface area contributed by atoms with Gasteiger partial charge in [0.05, 0.1) is 18.3 Å². The molecule has 0 amide bonds. The summed E-state index contributed by atoms with van der Waals surface area (Å²) in [5.74, 6) is 0.731. The molecule has 1 heterocycles. The number of anilines is 2. The van der Waals surface area contributed by atoms with E-state index < -0.39 is 0 Å². The Morgan fingerprint density at radius 2 is 1.81 bits per heavy atom.